The molecule has 4 nitrogen and oxygen atoms in total. The highest BCUT2D eigenvalue weighted by atomic mass is 28.5. The van der Waals surface area contributed by atoms with Gasteiger partial charge in [-0.1, -0.05) is 30.3 Å². The van der Waals surface area contributed by atoms with Crippen molar-refractivity contribution in [2.45, 2.75) is 19.6 Å². The van der Waals surface area contributed by atoms with E-state index in [2.05, 4.69) is 0 Å². The molecule has 0 amide bonds. The molecular formula is C9H14O4Si4. The average Bonchev–Trinajstić information content (AvgIpc) is 2.27. The first-order valence-electron chi connectivity index (χ1n) is 5.29. The highest BCUT2D eigenvalue weighted by Crippen LogP contribution is 2.18. The number of benzene rings is 1. The van der Waals surface area contributed by atoms with E-state index < -0.39 is 17.1 Å². The molecule has 1 atom stereocenters. The monoisotopic (exact) mass is 298 g/mol. The fourth-order valence-electron chi connectivity index (χ4n) is 1.61. The summed E-state index contributed by atoms with van der Waals surface area (Å²) in [5.41, 5.74) is 0. The van der Waals surface area contributed by atoms with Crippen LogP contribution in [0.4, 0.5) is 0 Å². The lowest BCUT2D eigenvalue weighted by Gasteiger charge is -2.36. The van der Waals surface area contributed by atoms with Crippen LogP contribution in [-0.4, -0.2) is 37.1 Å². The third-order valence-electron chi connectivity index (χ3n) is 2.35. The topological polar surface area (TPSA) is 36.9 Å². The fraction of sp³-hybridized carbons (Fsp3) is 0.333. The Labute approximate surface area is 109 Å². The maximum Gasteiger partial charge on any atom is 0.413 e. The van der Waals surface area contributed by atoms with Crippen LogP contribution in [0.15, 0.2) is 30.3 Å². The van der Waals surface area contributed by atoms with Crippen molar-refractivity contribution in [1.29, 1.82) is 0 Å². The van der Waals surface area contributed by atoms with Crippen LogP contribution in [0.25, 0.3) is 0 Å². The third kappa shape index (κ3) is 3.45. The van der Waals surface area contributed by atoms with Gasteiger partial charge in [-0.15, -0.1) is 0 Å². The van der Waals surface area contributed by atoms with E-state index >= 15 is 0 Å². The van der Waals surface area contributed by atoms with Gasteiger partial charge in [-0.05, 0) is 24.8 Å². The highest BCUT2D eigenvalue weighted by Gasteiger charge is 2.43. The zero-order valence-electron chi connectivity index (χ0n) is 10.0. The minimum atomic E-state index is -2.40. The van der Waals surface area contributed by atoms with Crippen LogP contribution in [0.5, 0.6) is 0 Å². The molecule has 17 heavy (non-hydrogen) atoms. The van der Waals surface area contributed by atoms with Crippen molar-refractivity contribution in [3.63, 3.8) is 0 Å². The Kier molecular flexibility index (Phi) is 4.15. The molecule has 1 aromatic rings. The van der Waals surface area contributed by atoms with Crippen molar-refractivity contribution in [3.8, 4) is 0 Å². The molecule has 1 aromatic carbocycles. The van der Waals surface area contributed by atoms with Crippen molar-refractivity contribution in [2.24, 2.45) is 0 Å². The summed E-state index contributed by atoms with van der Waals surface area (Å²) in [6.07, 6.45) is 0. The van der Waals surface area contributed by atoms with Crippen molar-refractivity contribution < 1.29 is 16.5 Å². The molecule has 0 aromatic heterocycles. The van der Waals surface area contributed by atoms with Gasteiger partial charge in [-0.3, -0.25) is 0 Å². The molecule has 1 aliphatic rings. The van der Waals surface area contributed by atoms with Gasteiger partial charge in [0.25, 0.3) is 0 Å². The molecule has 1 saturated heterocycles. The van der Waals surface area contributed by atoms with Crippen molar-refractivity contribution in [2.75, 3.05) is 0 Å². The molecule has 2 rings (SSSR count). The largest absolute Gasteiger partial charge is 0.414 e. The zero-order valence-corrected chi connectivity index (χ0v) is 14.0. The molecule has 0 N–H and O–H groups in total. The van der Waals surface area contributed by atoms with Gasteiger partial charge in [0.1, 0.15) is 0 Å². The van der Waals surface area contributed by atoms with Gasteiger partial charge in [0.2, 0.25) is 0 Å². The van der Waals surface area contributed by atoms with Gasteiger partial charge in [0, 0.05) is 0 Å². The maximum absolute atomic E-state index is 6.22. The standard InChI is InChI=1S/C9H14O4Si4/c1-16(2)11-14-10-15-12-17(3,13-16)9-7-5-4-6-8-9/h4-8H,1-3H3. The highest BCUT2D eigenvalue weighted by molar-refractivity contribution is 6.90. The van der Waals surface area contributed by atoms with Crippen LogP contribution in [-0.2, 0) is 16.5 Å². The van der Waals surface area contributed by atoms with Gasteiger partial charge >= 0.3 is 37.1 Å². The van der Waals surface area contributed by atoms with E-state index in [4.69, 9.17) is 16.5 Å². The Hall–Kier alpha value is -0.0725. The third-order valence-corrected chi connectivity index (χ3v) is 12.1. The Bertz CT molecular complexity index is 375. The Morgan fingerprint density at radius 2 is 1.59 bits per heavy atom. The predicted molar refractivity (Wildman–Crippen MR) is 71.0 cm³/mol. The van der Waals surface area contributed by atoms with E-state index in [9.17, 15) is 0 Å². The van der Waals surface area contributed by atoms with E-state index in [0.717, 1.165) is 5.19 Å². The van der Waals surface area contributed by atoms with Crippen molar-refractivity contribution in [3.05, 3.63) is 30.3 Å². The minimum Gasteiger partial charge on any atom is -0.414 e. The first kappa shape index (κ1) is 13.4. The second kappa shape index (κ2) is 5.28. The quantitative estimate of drug-likeness (QED) is 0.719. The molecule has 8 heteroatoms. The average molecular weight is 299 g/mol. The molecule has 4 radical (unpaired) electrons. The Morgan fingerprint density at radius 3 is 2.29 bits per heavy atom. The van der Waals surface area contributed by atoms with Gasteiger partial charge in [0.15, 0.2) is 0 Å². The lowest BCUT2D eigenvalue weighted by atomic mass is 10.4. The number of hydrogen-bond donors (Lipinski definition) is 0. The minimum absolute atomic E-state index is 0.0104. The van der Waals surface area contributed by atoms with Gasteiger partial charge < -0.3 is 16.5 Å². The summed E-state index contributed by atoms with van der Waals surface area (Å²) in [6, 6.07) is 10.1. The molecule has 1 unspecified atom stereocenters. The molecule has 1 fully saturated rings. The molecule has 0 aliphatic carbocycles. The Morgan fingerprint density at radius 1 is 0.941 bits per heavy atom. The van der Waals surface area contributed by atoms with Crippen LogP contribution in [0, 0.1) is 0 Å². The number of hydrogen-bond acceptors (Lipinski definition) is 4. The summed E-state index contributed by atoms with van der Waals surface area (Å²) in [6.45, 7) is 6.09. The summed E-state index contributed by atoms with van der Waals surface area (Å²) >= 11 is 0. The lowest BCUT2D eigenvalue weighted by molar-refractivity contribution is 0.290. The molecule has 0 saturated carbocycles. The van der Waals surface area contributed by atoms with Crippen LogP contribution in [0.1, 0.15) is 0 Å². The second-order valence-electron chi connectivity index (χ2n) is 4.29. The molecule has 0 spiro atoms. The SMILES string of the molecule is C[Si]1(C)O[Si]O[Si]O[Si](C)(c2ccccc2)O1. The van der Waals surface area contributed by atoms with E-state index in [-0.39, 0.29) is 20.0 Å². The van der Waals surface area contributed by atoms with Crippen LogP contribution in [0.2, 0.25) is 19.6 Å². The Balaban J connectivity index is 2.26. The predicted octanol–water partition coefficient (Wildman–Crippen LogP) is 0.816. The van der Waals surface area contributed by atoms with Gasteiger partial charge in [-0.25, -0.2) is 0 Å². The molecule has 0 bridgehead atoms. The fourth-order valence-corrected chi connectivity index (χ4v) is 10.8. The van der Waals surface area contributed by atoms with Crippen LogP contribution in [0.3, 0.4) is 0 Å². The van der Waals surface area contributed by atoms with E-state index in [1.807, 2.05) is 50.0 Å². The second-order valence-corrected chi connectivity index (χ2v) is 13.2. The summed E-state index contributed by atoms with van der Waals surface area (Å²) in [5, 5.41) is 1.12. The first-order chi connectivity index (χ1) is 8.02. The normalized spacial score (nSPS) is 29.4. The molecular weight excluding hydrogens is 284 g/mol. The number of rotatable bonds is 1. The summed E-state index contributed by atoms with van der Waals surface area (Å²) in [5.74, 6) is 0. The van der Waals surface area contributed by atoms with Crippen LogP contribution >= 0.6 is 0 Å². The summed E-state index contributed by atoms with van der Waals surface area (Å²) in [4.78, 5) is 0. The van der Waals surface area contributed by atoms with Gasteiger partial charge in [0.05, 0.1) is 0 Å². The first-order valence-corrected chi connectivity index (χ1v) is 12.1. The molecule has 1 heterocycles. The van der Waals surface area contributed by atoms with Crippen LogP contribution < -0.4 is 5.19 Å². The molecule has 90 valence electrons. The summed E-state index contributed by atoms with van der Waals surface area (Å²) < 4.78 is 23.1. The van der Waals surface area contributed by atoms with E-state index in [1.165, 1.54) is 0 Å². The van der Waals surface area contributed by atoms with Crippen molar-refractivity contribution >= 4 is 42.3 Å². The van der Waals surface area contributed by atoms with E-state index in [0.29, 0.717) is 0 Å². The van der Waals surface area contributed by atoms with Gasteiger partial charge in [-0.2, -0.15) is 0 Å². The smallest absolute Gasteiger partial charge is 0.413 e. The molecule has 1 aliphatic heterocycles. The van der Waals surface area contributed by atoms with E-state index in [1.54, 1.807) is 0 Å². The lowest BCUT2D eigenvalue weighted by Crippen LogP contribution is -2.60. The van der Waals surface area contributed by atoms with Crippen molar-refractivity contribution in [1.82, 2.24) is 0 Å². The summed E-state index contributed by atoms with van der Waals surface area (Å²) in [7, 11) is -4.55. The maximum atomic E-state index is 6.22. The zero-order chi connectivity index (χ0) is 12.4.